The van der Waals surface area contributed by atoms with E-state index in [2.05, 4.69) is 10.2 Å². The van der Waals surface area contributed by atoms with Crippen LogP contribution in [0.3, 0.4) is 0 Å². The maximum absolute atomic E-state index is 12.5. The Morgan fingerprint density at radius 3 is 1.92 bits per heavy atom. The average molecular weight is 930 g/mol. The highest BCUT2D eigenvalue weighted by atomic mass is 32.2. The zero-order valence-corrected chi connectivity index (χ0v) is 38.4. The van der Waals surface area contributed by atoms with E-state index in [4.69, 9.17) is 0 Å². The van der Waals surface area contributed by atoms with E-state index in [-0.39, 0.29) is 40.5 Å². The van der Waals surface area contributed by atoms with Crippen molar-refractivity contribution < 1.29 is 57.9 Å². The third-order valence-corrected chi connectivity index (χ3v) is 14.2. The molecule has 19 heteroatoms. The number of imide groups is 1. The Bertz CT molecular complexity index is 2590. The number of carbonyl (C=O) groups excluding carboxylic acids is 3. The molecule has 0 spiro atoms. The molecule has 0 atom stereocenters. The van der Waals surface area contributed by atoms with E-state index in [0.29, 0.717) is 55.7 Å². The summed E-state index contributed by atoms with van der Waals surface area (Å²) in [5, 5.41) is 2.96. The van der Waals surface area contributed by atoms with Crippen LogP contribution >= 0.6 is 0 Å². The number of fused-ring (bicyclic) bond motifs is 2. The fourth-order valence-corrected chi connectivity index (χ4v) is 9.83. The van der Waals surface area contributed by atoms with Crippen LogP contribution in [0.1, 0.15) is 96.6 Å². The van der Waals surface area contributed by atoms with Crippen LogP contribution < -0.4 is 10.2 Å². The molecule has 4 N–H and O–H groups in total. The Labute approximate surface area is 370 Å². The standard InChI is InChI=1S/C44H56N4O12S3/c1-43(2)34-30-32(62(55,56)57)19-21-36(34)46(26-14-8-11-18-40(49)45-25-12-5-6-13-27-48-41(50)23-24-42(48)51)38(43)16-9-7-10-17-39-44(3,4)35-31-33(63(58,59)60)20-22-37(35)47(39)28-15-29-61(52,53)54/h7,9-10,16-17,19-24,30-31H,5-6,8,11-15,18,25-29H2,1-4H3,(H3-,45,49,52,53,54,55,56,57,58,59,60)/p+1. The monoisotopic (exact) mass is 929 g/mol. The first kappa shape index (κ1) is 49.2. The van der Waals surface area contributed by atoms with Crippen LogP contribution in [0.2, 0.25) is 0 Å². The number of rotatable bonds is 22. The summed E-state index contributed by atoms with van der Waals surface area (Å²) in [6.07, 6.45) is 17.5. The number of allylic oxidation sites excluding steroid dienone is 6. The van der Waals surface area contributed by atoms with Crippen molar-refractivity contribution in [1.82, 2.24) is 10.2 Å². The lowest BCUT2D eigenvalue weighted by Crippen LogP contribution is -2.30. The lowest BCUT2D eigenvalue weighted by molar-refractivity contribution is -0.437. The van der Waals surface area contributed by atoms with E-state index in [1.807, 2.05) is 50.5 Å². The molecule has 3 aliphatic rings. The zero-order valence-electron chi connectivity index (χ0n) is 36.0. The van der Waals surface area contributed by atoms with Gasteiger partial charge in [-0.3, -0.25) is 32.9 Å². The van der Waals surface area contributed by atoms with E-state index in [0.717, 1.165) is 49.2 Å². The number of nitrogens with zero attached hydrogens (tertiary/aromatic N) is 3. The molecule has 3 amide bonds. The van der Waals surface area contributed by atoms with Gasteiger partial charge < -0.3 is 10.2 Å². The smallest absolute Gasteiger partial charge is 0.294 e. The second-order valence-corrected chi connectivity index (χ2v) is 21.3. The first-order valence-corrected chi connectivity index (χ1v) is 25.4. The molecule has 2 aromatic carbocycles. The van der Waals surface area contributed by atoms with Crippen molar-refractivity contribution in [1.29, 1.82) is 0 Å². The number of hydrogen-bond acceptors (Lipinski definition) is 10. The normalized spacial score (nSPS) is 17.9. The predicted molar refractivity (Wildman–Crippen MR) is 239 cm³/mol. The fourth-order valence-electron chi connectivity index (χ4n) is 8.32. The lowest BCUT2D eigenvalue weighted by Gasteiger charge is -2.27. The van der Waals surface area contributed by atoms with E-state index in [9.17, 15) is 53.3 Å². The van der Waals surface area contributed by atoms with Crippen LogP contribution in [0.15, 0.2) is 94.4 Å². The minimum Gasteiger partial charge on any atom is -0.356 e. The van der Waals surface area contributed by atoms with Gasteiger partial charge in [0.1, 0.15) is 6.54 Å². The summed E-state index contributed by atoms with van der Waals surface area (Å²) in [5.74, 6) is -1.07. The van der Waals surface area contributed by atoms with Crippen LogP contribution in [0.25, 0.3) is 0 Å². The molecule has 342 valence electrons. The highest BCUT2D eigenvalue weighted by molar-refractivity contribution is 7.86. The molecule has 0 aromatic heterocycles. The van der Waals surface area contributed by atoms with Gasteiger partial charge in [-0.2, -0.15) is 29.8 Å². The van der Waals surface area contributed by atoms with Gasteiger partial charge in [0.2, 0.25) is 11.6 Å². The largest absolute Gasteiger partial charge is 0.356 e. The Morgan fingerprint density at radius 1 is 0.698 bits per heavy atom. The number of unbranched alkanes of at least 4 members (excludes halogenated alkanes) is 5. The number of amides is 3. The third-order valence-electron chi connectivity index (χ3n) is 11.7. The molecular weight excluding hydrogens is 873 g/mol. The van der Waals surface area contributed by atoms with E-state index < -0.39 is 46.9 Å². The summed E-state index contributed by atoms with van der Waals surface area (Å²) in [6, 6.07) is 8.77. The molecule has 0 saturated heterocycles. The number of carbonyl (C=O) groups is 3. The Balaban J connectivity index is 1.24. The molecule has 16 nitrogen and oxygen atoms in total. The molecule has 3 aliphatic heterocycles. The summed E-state index contributed by atoms with van der Waals surface area (Å²) >= 11 is 0. The van der Waals surface area contributed by atoms with Gasteiger partial charge >= 0.3 is 0 Å². The Morgan fingerprint density at radius 2 is 1.29 bits per heavy atom. The zero-order chi connectivity index (χ0) is 46.4. The molecule has 0 radical (unpaired) electrons. The summed E-state index contributed by atoms with van der Waals surface area (Å²) in [7, 11) is -13.2. The maximum atomic E-state index is 12.5. The minimum atomic E-state index is -4.50. The highest BCUT2D eigenvalue weighted by Gasteiger charge is 2.45. The number of anilines is 1. The second kappa shape index (κ2) is 19.9. The fraction of sp³-hybridized carbons (Fsp3) is 0.455. The molecule has 0 fully saturated rings. The maximum Gasteiger partial charge on any atom is 0.294 e. The molecule has 3 heterocycles. The first-order valence-electron chi connectivity index (χ1n) is 20.9. The van der Waals surface area contributed by atoms with Gasteiger partial charge in [-0.05, 0) is 81.5 Å². The van der Waals surface area contributed by atoms with E-state index in [1.54, 1.807) is 24.3 Å². The summed E-state index contributed by atoms with van der Waals surface area (Å²) in [4.78, 5) is 38.7. The van der Waals surface area contributed by atoms with Crippen LogP contribution in [0.5, 0.6) is 0 Å². The van der Waals surface area contributed by atoms with Gasteiger partial charge in [0.25, 0.3) is 42.2 Å². The average Bonchev–Trinajstić information content (AvgIpc) is 3.70. The molecule has 5 rings (SSSR count). The third kappa shape index (κ3) is 12.3. The van der Waals surface area contributed by atoms with Gasteiger partial charge in [0.05, 0.1) is 21.0 Å². The molecule has 2 aromatic rings. The van der Waals surface area contributed by atoms with Gasteiger partial charge in [-0.15, -0.1) is 0 Å². The van der Waals surface area contributed by atoms with E-state index in [1.165, 1.54) is 41.3 Å². The SMILES string of the molecule is CC1(C)C(/C=C/C=C/C=C2/N(CCCCCC(=O)NCCCCCCN3C(=O)C=CC3=O)c3ccc(S(=O)(=O)O)cc3C2(C)C)=[N+](CCCS(=O)(=O)O)c2ccc(S(=O)(=O)O)cc21. The summed E-state index contributed by atoms with van der Waals surface area (Å²) in [6.45, 7) is 9.39. The Hall–Kier alpha value is -4.79. The van der Waals surface area contributed by atoms with Gasteiger partial charge in [0, 0.05) is 79.1 Å². The molecule has 0 saturated carbocycles. The number of benzene rings is 2. The Kier molecular flexibility index (Phi) is 15.6. The van der Waals surface area contributed by atoms with Crippen molar-refractivity contribution in [3.8, 4) is 0 Å². The summed E-state index contributed by atoms with van der Waals surface area (Å²) < 4.78 is 102. The van der Waals surface area contributed by atoms with Crippen molar-refractivity contribution in [3.05, 3.63) is 95.8 Å². The minimum absolute atomic E-state index is 0.0365. The molecule has 63 heavy (non-hydrogen) atoms. The lowest BCUT2D eigenvalue weighted by atomic mass is 9.81. The topological polar surface area (TPSA) is 236 Å². The molecule has 0 bridgehead atoms. The second-order valence-electron chi connectivity index (χ2n) is 16.9. The van der Waals surface area contributed by atoms with Crippen molar-refractivity contribution in [2.75, 3.05) is 36.8 Å². The van der Waals surface area contributed by atoms with Crippen molar-refractivity contribution in [2.24, 2.45) is 0 Å². The highest BCUT2D eigenvalue weighted by Crippen LogP contribution is 2.48. The predicted octanol–water partition coefficient (Wildman–Crippen LogP) is 5.79. The molecular formula is C44H57N4O12S3+. The quantitative estimate of drug-likeness (QED) is 0.0360. The van der Waals surface area contributed by atoms with Crippen LogP contribution in [-0.2, 0) is 55.6 Å². The summed E-state index contributed by atoms with van der Waals surface area (Å²) in [5.41, 5.74) is 2.89. The number of nitrogens with one attached hydrogen (secondary N) is 1. The van der Waals surface area contributed by atoms with Crippen molar-refractivity contribution in [3.63, 3.8) is 0 Å². The van der Waals surface area contributed by atoms with Crippen LogP contribution in [0, 0.1) is 0 Å². The van der Waals surface area contributed by atoms with Crippen LogP contribution in [-0.4, -0.2) is 104 Å². The molecule has 0 unspecified atom stereocenters. The van der Waals surface area contributed by atoms with Gasteiger partial charge in [0.15, 0.2) is 5.71 Å². The van der Waals surface area contributed by atoms with Crippen molar-refractivity contribution in [2.45, 2.75) is 106 Å². The van der Waals surface area contributed by atoms with Crippen molar-refractivity contribution >= 4 is 65.2 Å². The number of hydrogen-bond donors (Lipinski definition) is 4. The van der Waals surface area contributed by atoms with Crippen LogP contribution in [0.4, 0.5) is 11.4 Å². The first-order chi connectivity index (χ1) is 29.4. The van der Waals surface area contributed by atoms with Gasteiger partial charge in [-0.25, -0.2) is 0 Å². The van der Waals surface area contributed by atoms with Gasteiger partial charge in [-0.1, -0.05) is 51.3 Å². The molecule has 0 aliphatic carbocycles. The van der Waals surface area contributed by atoms with E-state index >= 15 is 0 Å².